The molecule has 6 heteroatoms. The number of carbonyl (C=O) groups excluding carboxylic acids is 2. The smallest absolute Gasteiger partial charge is 0.321 e. The normalized spacial score (nSPS) is 17.9. The van der Waals surface area contributed by atoms with Crippen molar-refractivity contribution in [1.29, 1.82) is 0 Å². The van der Waals surface area contributed by atoms with Crippen LogP contribution in [0.4, 0.5) is 4.79 Å². The maximum Gasteiger partial charge on any atom is 0.321 e. The summed E-state index contributed by atoms with van der Waals surface area (Å²) in [6.07, 6.45) is 3.50. The topological polar surface area (TPSA) is 61.4 Å². The van der Waals surface area contributed by atoms with E-state index < -0.39 is 6.03 Å². The first-order chi connectivity index (χ1) is 10.2. The molecule has 0 aromatic carbocycles. The Labute approximate surface area is 129 Å². The first kappa shape index (κ1) is 15.7. The molecule has 0 spiro atoms. The minimum atomic E-state index is -0.471. The molecule has 114 valence electrons. The number of hydrogen-bond acceptors (Lipinski definition) is 4. The van der Waals surface area contributed by atoms with E-state index in [9.17, 15) is 9.59 Å². The average molecular weight is 307 g/mol. The van der Waals surface area contributed by atoms with Crippen LogP contribution in [-0.2, 0) is 11.2 Å². The molecule has 0 aliphatic carbocycles. The molecule has 0 fully saturated rings. The fourth-order valence-corrected chi connectivity index (χ4v) is 3.60. The summed E-state index contributed by atoms with van der Waals surface area (Å²) in [6, 6.07) is 1.94. The van der Waals surface area contributed by atoms with E-state index in [1.807, 2.05) is 0 Å². The maximum absolute atomic E-state index is 12.0. The summed E-state index contributed by atoms with van der Waals surface area (Å²) in [5, 5.41) is 6.99. The van der Waals surface area contributed by atoms with Gasteiger partial charge in [0.05, 0.1) is 6.54 Å². The summed E-state index contributed by atoms with van der Waals surface area (Å²) >= 11 is 1.78. The molecule has 1 aromatic rings. The van der Waals surface area contributed by atoms with Gasteiger partial charge in [0.2, 0.25) is 5.91 Å². The molecule has 5 nitrogen and oxygen atoms in total. The monoisotopic (exact) mass is 307 g/mol. The van der Waals surface area contributed by atoms with Gasteiger partial charge in [-0.2, -0.15) is 0 Å². The number of rotatable bonds is 5. The third kappa shape index (κ3) is 3.92. The van der Waals surface area contributed by atoms with Gasteiger partial charge in [-0.1, -0.05) is 13.0 Å². The highest BCUT2D eigenvalue weighted by molar-refractivity contribution is 7.10. The van der Waals surface area contributed by atoms with Gasteiger partial charge in [-0.05, 0) is 29.9 Å². The van der Waals surface area contributed by atoms with E-state index in [4.69, 9.17) is 0 Å². The van der Waals surface area contributed by atoms with Crippen LogP contribution in [0.2, 0.25) is 0 Å². The van der Waals surface area contributed by atoms with Crippen LogP contribution < -0.4 is 10.6 Å². The minimum absolute atomic E-state index is 0.245. The van der Waals surface area contributed by atoms with Crippen molar-refractivity contribution in [1.82, 2.24) is 15.5 Å². The van der Waals surface area contributed by atoms with Crippen LogP contribution in [0, 0.1) is 0 Å². The molecule has 0 radical (unpaired) electrons. The van der Waals surface area contributed by atoms with Crippen molar-refractivity contribution in [3.8, 4) is 0 Å². The van der Waals surface area contributed by atoms with Crippen LogP contribution in [0.25, 0.3) is 0 Å². The summed E-state index contributed by atoms with van der Waals surface area (Å²) in [5.41, 5.74) is 1.33. The number of nitrogens with zero attached hydrogens (tertiary/aromatic N) is 1. The first-order valence-corrected chi connectivity index (χ1v) is 8.02. The van der Waals surface area contributed by atoms with E-state index in [1.165, 1.54) is 10.4 Å². The summed E-state index contributed by atoms with van der Waals surface area (Å²) in [7, 11) is 0. The van der Waals surface area contributed by atoms with Crippen LogP contribution in [0.5, 0.6) is 0 Å². The number of imide groups is 1. The Morgan fingerprint density at radius 3 is 3.10 bits per heavy atom. The lowest BCUT2D eigenvalue weighted by atomic mass is 9.98. The third-order valence-corrected chi connectivity index (χ3v) is 4.60. The van der Waals surface area contributed by atoms with E-state index in [-0.39, 0.29) is 18.5 Å². The van der Waals surface area contributed by atoms with Gasteiger partial charge in [-0.25, -0.2) is 4.79 Å². The van der Waals surface area contributed by atoms with Crippen LogP contribution in [0.15, 0.2) is 24.1 Å². The Balaban J connectivity index is 1.92. The number of amides is 3. The quantitative estimate of drug-likeness (QED) is 0.819. The van der Waals surface area contributed by atoms with E-state index in [1.54, 1.807) is 17.4 Å². The molecule has 0 bridgehead atoms. The van der Waals surface area contributed by atoms with Gasteiger partial charge in [-0.3, -0.25) is 15.0 Å². The fourth-order valence-electron chi connectivity index (χ4n) is 2.68. The van der Waals surface area contributed by atoms with Crippen molar-refractivity contribution in [3.63, 3.8) is 0 Å². The standard InChI is InChI=1S/C15H21N3O2S/c1-3-7-16-15(20)17-14(19)10-18-8-5-13-11(6-9-21-13)12(18)4-2/h3,6,9,12H,1,4-5,7-8,10H2,2H3,(H2,16,17,19,20). The molecular weight excluding hydrogens is 286 g/mol. The van der Waals surface area contributed by atoms with Crippen molar-refractivity contribution in [2.75, 3.05) is 19.6 Å². The second-order valence-electron chi connectivity index (χ2n) is 4.99. The van der Waals surface area contributed by atoms with E-state index in [0.29, 0.717) is 6.54 Å². The third-order valence-electron chi connectivity index (χ3n) is 3.60. The van der Waals surface area contributed by atoms with Gasteiger partial charge in [0.1, 0.15) is 0 Å². The Bertz CT molecular complexity index is 527. The molecule has 1 aliphatic rings. The number of nitrogens with one attached hydrogen (secondary N) is 2. The zero-order chi connectivity index (χ0) is 15.2. The lowest BCUT2D eigenvalue weighted by Gasteiger charge is -2.34. The molecule has 0 saturated heterocycles. The molecule has 0 saturated carbocycles. The molecule has 2 rings (SSSR count). The predicted octanol–water partition coefficient (Wildman–Crippen LogP) is 2.07. The fraction of sp³-hybridized carbons (Fsp3) is 0.467. The van der Waals surface area contributed by atoms with Gasteiger partial charge in [0.25, 0.3) is 0 Å². The Kier molecular flexibility index (Phi) is 5.52. The predicted molar refractivity (Wildman–Crippen MR) is 84.4 cm³/mol. The van der Waals surface area contributed by atoms with Crippen molar-refractivity contribution in [3.05, 3.63) is 34.5 Å². The van der Waals surface area contributed by atoms with Gasteiger partial charge < -0.3 is 5.32 Å². The maximum atomic E-state index is 12.0. The van der Waals surface area contributed by atoms with Gasteiger partial charge >= 0.3 is 6.03 Å². The number of thiophene rings is 1. The SMILES string of the molecule is C=CCNC(=O)NC(=O)CN1CCc2sccc2C1CC. The van der Waals surface area contributed by atoms with Crippen molar-refractivity contribution in [2.45, 2.75) is 25.8 Å². The van der Waals surface area contributed by atoms with Crippen molar-refractivity contribution in [2.24, 2.45) is 0 Å². The number of hydrogen-bond donors (Lipinski definition) is 2. The molecule has 3 amide bonds. The molecule has 2 heterocycles. The summed E-state index contributed by atoms with van der Waals surface area (Å²) < 4.78 is 0. The zero-order valence-corrected chi connectivity index (χ0v) is 13.0. The lowest BCUT2D eigenvalue weighted by Crippen LogP contribution is -2.46. The number of urea groups is 1. The highest BCUT2D eigenvalue weighted by Gasteiger charge is 2.28. The van der Waals surface area contributed by atoms with E-state index in [0.717, 1.165) is 19.4 Å². The highest BCUT2D eigenvalue weighted by atomic mass is 32.1. The van der Waals surface area contributed by atoms with Gasteiger partial charge in [0.15, 0.2) is 0 Å². The largest absolute Gasteiger partial charge is 0.334 e. The van der Waals surface area contributed by atoms with E-state index >= 15 is 0 Å². The van der Waals surface area contributed by atoms with Crippen LogP contribution in [-0.4, -0.2) is 36.5 Å². The van der Waals surface area contributed by atoms with Crippen molar-refractivity contribution >= 4 is 23.3 Å². The summed E-state index contributed by atoms with van der Waals surface area (Å²) in [5.74, 6) is -0.270. The lowest BCUT2D eigenvalue weighted by molar-refractivity contribution is -0.121. The Morgan fingerprint density at radius 2 is 2.38 bits per heavy atom. The highest BCUT2D eigenvalue weighted by Crippen LogP contribution is 2.34. The molecule has 1 unspecified atom stereocenters. The molecule has 2 N–H and O–H groups in total. The van der Waals surface area contributed by atoms with Crippen LogP contribution in [0.1, 0.15) is 29.8 Å². The summed E-state index contributed by atoms with van der Waals surface area (Å²) in [4.78, 5) is 27.0. The molecule has 1 aromatic heterocycles. The summed E-state index contributed by atoms with van der Waals surface area (Å²) in [6.45, 7) is 7.08. The van der Waals surface area contributed by atoms with Gasteiger partial charge in [0, 0.05) is 24.0 Å². The minimum Gasteiger partial charge on any atom is -0.334 e. The number of fused-ring (bicyclic) bond motifs is 1. The molecular formula is C15H21N3O2S. The average Bonchev–Trinajstić information content (AvgIpc) is 2.93. The molecule has 1 aliphatic heterocycles. The zero-order valence-electron chi connectivity index (χ0n) is 12.2. The van der Waals surface area contributed by atoms with Crippen LogP contribution >= 0.6 is 11.3 Å². The van der Waals surface area contributed by atoms with Crippen LogP contribution in [0.3, 0.4) is 0 Å². The van der Waals surface area contributed by atoms with Gasteiger partial charge in [-0.15, -0.1) is 17.9 Å². The van der Waals surface area contributed by atoms with E-state index in [2.05, 4.69) is 40.5 Å². The molecule has 21 heavy (non-hydrogen) atoms. The first-order valence-electron chi connectivity index (χ1n) is 7.14. The second kappa shape index (κ2) is 7.38. The molecule has 1 atom stereocenters. The Hall–Kier alpha value is -1.66. The number of carbonyl (C=O) groups is 2. The Morgan fingerprint density at radius 1 is 1.57 bits per heavy atom. The van der Waals surface area contributed by atoms with Crippen molar-refractivity contribution < 1.29 is 9.59 Å². The second-order valence-corrected chi connectivity index (χ2v) is 5.99.